The molecule has 0 unspecified atom stereocenters. The molecule has 1 aliphatic heterocycles. The fraction of sp³-hybridized carbons (Fsp3) is 1.00. The minimum absolute atomic E-state index is 0.0760. The maximum atomic E-state index is 10.1. The summed E-state index contributed by atoms with van der Waals surface area (Å²) in [5.41, 5.74) is 0. The lowest BCUT2D eigenvalue weighted by atomic mass is 10.1. The number of aliphatic hydroxyl groups is 2. The van der Waals surface area contributed by atoms with Crippen LogP contribution in [0, 0.1) is 0 Å². The minimum atomic E-state index is -1.92. The highest BCUT2D eigenvalue weighted by Gasteiger charge is 2.41. The van der Waals surface area contributed by atoms with Crippen molar-refractivity contribution in [2.45, 2.75) is 76.8 Å². The van der Waals surface area contributed by atoms with E-state index in [1.165, 1.54) is 0 Å². The fourth-order valence-electron chi connectivity index (χ4n) is 1.74. The van der Waals surface area contributed by atoms with Crippen molar-refractivity contribution in [1.82, 2.24) is 0 Å². The van der Waals surface area contributed by atoms with Crippen LogP contribution in [0.2, 0.25) is 18.1 Å². The molecule has 2 N–H and O–H groups in total. The molecule has 1 heterocycles. The molecular weight excluding hydrogens is 276 g/mol. The molecule has 120 valence electrons. The maximum absolute atomic E-state index is 10.1. The summed E-state index contributed by atoms with van der Waals surface area (Å²) < 4.78 is 16.9. The normalized spacial score (nSPS) is 26.6. The first-order chi connectivity index (χ1) is 8.86. The summed E-state index contributed by atoms with van der Waals surface area (Å²) in [5.74, 6) is -0.703. The van der Waals surface area contributed by atoms with E-state index in [0.29, 0.717) is 0 Å². The van der Waals surface area contributed by atoms with Crippen molar-refractivity contribution in [3.05, 3.63) is 0 Å². The Bertz CT molecular complexity index is 324. The van der Waals surface area contributed by atoms with Gasteiger partial charge in [-0.25, -0.2) is 0 Å². The minimum Gasteiger partial charge on any atom is -0.414 e. The average molecular weight is 306 g/mol. The molecule has 20 heavy (non-hydrogen) atoms. The second-order valence-electron chi connectivity index (χ2n) is 7.50. The van der Waals surface area contributed by atoms with Crippen LogP contribution in [0.1, 0.15) is 34.6 Å². The Morgan fingerprint density at radius 2 is 1.85 bits per heavy atom. The van der Waals surface area contributed by atoms with Gasteiger partial charge in [-0.15, -0.1) is 0 Å². The average Bonchev–Trinajstić information content (AvgIpc) is 2.64. The molecule has 0 amide bonds. The van der Waals surface area contributed by atoms with Gasteiger partial charge in [0.25, 0.3) is 0 Å². The first-order valence-electron chi connectivity index (χ1n) is 7.17. The van der Waals surface area contributed by atoms with Crippen molar-refractivity contribution in [3.63, 3.8) is 0 Å². The van der Waals surface area contributed by atoms with Crippen LogP contribution in [0.4, 0.5) is 0 Å². The van der Waals surface area contributed by atoms with E-state index in [-0.39, 0.29) is 18.3 Å². The predicted molar refractivity (Wildman–Crippen MR) is 80.1 cm³/mol. The van der Waals surface area contributed by atoms with E-state index in [9.17, 15) is 10.2 Å². The Kier molecular flexibility index (Phi) is 5.44. The molecule has 0 spiro atoms. The van der Waals surface area contributed by atoms with Gasteiger partial charge in [0.1, 0.15) is 18.3 Å². The van der Waals surface area contributed by atoms with Gasteiger partial charge >= 0.3 is 0 Å². The van der Waals surface area contributed by atoms with Crippen molar-refractivity contribution in [1.29, 1.82) is 0 Å². The maximum Gasteiger partial charge on any atom is 0.192 e. The molecule has 0 radical (unpaired) electrons. The van der Waals surface area contributed by atoms with Crippen LogP contribution < -0.4 is 0 Å². The van der Waals surface area contributed by atoms with Gasteiger partial charge in [-0.3, -0.25) is 0 Å². The van der Waals surface area contributed by atoms with Crippen molar-refractivity contribution >= 4 is 8.32 Å². The highest BCUT2D eigenvalue weighted by atomic mass is 28.4. The Hall–Kier alpha value is 0.0169. The highest BCUT2D eigenvalue weighted by Crippen LogP contribution is 2.36. The smallest absolute Gasteiger partial charge is 0.192 e. The molecule has 0 aromatic carbocycles. The fourth-order valence-corrected chi connectivity index (χ4v) is 2.76. The number of rotatable bonds is 5. The van der Waals surface area contributed by atoms with E-state index in [1.54, 1.807) is 13.8 Å². The molecular formula is C14H30O5Si. The van der Waals surface area contributed by atoms with Crippen molar-refractivity contribution in [3.8, 4) is 0 Å². The molecule has 6 heteroatoms. The Balaban J connectivity index is 2.49. The van der Waals surface area contributed by atoms with Gasteiger partial charge in [-0.05, 0) is 32.0 Å². The molecule has 1 aliphatic rings. The third kappa shape index (κ3) is 4.51. The SMILES string of the molecule is CC1(C)OC[C@H]([C@@H](O)[C@H](O)CO[Si](C)(C)C(C)(C)C)O1. The number of hydrogen-bond donors (Lipinski definition) is 2. The molecule has 1 saturated heterocycles. The predicted octanol–water partition coefficient (Wildman–Crippen LogP) is 1.88. The zero-order valence-electron chi connectivity index (χ0n) is 13.8. The van der Waals surface area contributed by atoms with E-state index < -0.39 is 32.4 Å². The van der Waals surface area contributed by atoms with Crippen LogP contribution in [0.15, 0.2) is 0 Å². The molecule has 0 saturated carbocycles. The molecule has 1 rings (SSSR count). The zero-order chi connectivity index (χ0) is 15.8. The second-order valence-corrected chi connectivity index (χ2v) is 12.3. The van der Waals surface area contributed by atoms with Crippen LogP contribution in [0.25, 0.3) is 0 Å². The summed E-state index contributed by atoms with van der Waals surface area (Å²) in [4.78, 5) is 0. The third-order valence-electron chi connectivity index (χ3n) is 4.23. The summed E-state index contributed by atoms with van der Waals surface area (Å²) in [6, 6.07) is 0. The summed E-state index contributed by atoms with van der Waals surface area (Å²) in [7, 11) is -1.92. The quantitative estimate of drug-likeness (QED) is 0.759. The Morgan fingerprint density at radius 1 is 1.30 bits per heavy atom. The number of hydrogen-bond acceptors (Lipinski definition) is 5. The summed E-state index contributed by atoms with van der Waals surface area (Å²) >= 11 is 0. The van der Waals surface area contributed by atoms with Crippen LogP contribution in [-0.4, -0.2) is 55.8 Å². The molecule has 0 aromatic rings. The van der Waals surface area contributed by atoms with Crippen LogP contribution in [0.3, 0.4) is 0 Å². The zero-order valence-corrected chi connectivity index (χ0v) is 14.8. The van der Waals surface area contributed by atoms with Gasteiger partial charge in [0.15, 0.2) is 14.1 Å². The number of ether oxygens (including phenoxy) is 2. The van der Waals surface area contributed by atoms with Gasteiger partial charge in [0.2, 0.25) is 0 Å². The van der Waals surface area contributed by atoms with E-state index >= 15 is 0 Å². The van der Waals surface area contributed by atoms with Crippen LogP contribution >= 0.6 is 0 Å². The van der Waals surface area contributed by atoms with Crippen molar-refractivity contribution in [2.75, 3.05) is 13.2 Å². The topological polar surface area (TPSA) is 68.2 Å². The van der Waals surface area contributed by atoms with Gasteiger partial charge < -0.3 is 24.1 Å². The molecule has 0 aliphatic carbocycles. The standard InChI is InChI=1S/C14H30O5Si/c1-13(2,3)20(6,7)18-8-10(15)12(16)11-9-17-14(4,5)19-11/h10-12,15-16H,8-9H2,1-7H3/t10-,11-,12+/m1/s1. The lowest BCUT2D eigenvalue weighted by molar-refractivity contribution is -0.162. The van der Waals surface area contributed by atoms with Gasteiger partial charge in [0, 0.05) is 0 Å². The van der Waals surface area contributed by atoms with Crippen molar-refractivity contribution in [2.24, 2.45) is 0 Å². The van der Waals surface area contributed by atoms with Crippen LogP contribution in [-0.2, 0) is 13.9 Å². The summed E-state index contributed by atoms with van der Waals surface area (Å²) in [6.07, 6.45) is -2.48. The van der Waals surface area contributed by atoms with Gasteiger partial charge in [-0.2, -0.15) is 0 Å². The first kappa shape index (κ1) is 18.1. The monoisotopic (exact) mass is 306 g/mol. The summed E-state index contributed by atoms with van der Waals surface area (Å²) in [5, 5.41) is 20.3. The highest BCUT2D eigenvalue weighted by molar-refractivity contribution is 6.74. The molecule has 3 atom stereocenters. The van der Waals surface area contributed by atoms with E-state index in [1.807, 2.05) is 0 Å². The largest absolute Gasteiger partial charge is 0.414 e. The third-order valence-corrected chi connectivity index (χ3v) is 8.73. The number of aliphatic hydroxyl groups excluding tert-OH is 2. The second kappa shape index (κ2) is 6.02. The van der Waals surface area contributed by atoms with E-state index in [4.69, 9.17) is 13.9 Å². The van der Waals surface area contributed by atoms with Crippen LogP contribution in [0.5, 0.6) is 0 Å². The molecule has 0 aromatic heterocycles. The lowest BCUT2D eigenvalue weighted by Gasteiger charge is -2.37. The summed E-state index contributed by atoms with van der Waals surface area (Å²) in [6.45, 7) is 14.6. The first-order valence-corrected chi connectivity index (χ1v) is 10.1. The van der Waals surface area contributed by atoms with Gasteiger partial charge in [0.05, 0.1) is 13.2 Å². The molecule has 1 fully saturated rings. The Morgan fingerprint density at radius 3 is 2.25 bits per heavy atom. The molecule has 0 bridgehead atoms. The Labute approximate surface area is 123 Å². The molecule has 5 nitrogen and oxygen atoms in total. The van der Waals surface area contributed by atoms with Crippen molar-refractivity contribution < 1.29 is 24.1 Å². The lowest BCUT2D eigenvalue weighted by Crippen LogP contribution is -2.47. The van der Waals surface area contributed by atoms with E-state index in [0.717, 1.165) is 0 Å². The van der Waals surface area contributed by atoms with Gasteiger partial charge in [-0.1, -0.05) is 20.8 Å². The van der Waals surface area contributed by atoms with E-state index in [2.05, 4.69) is 33.9 Å².